The van der Waals surface area contributed by atoms with Crippen molar-refractivity contribution < 1.29 is 9.90 Å². The van der Waals surface area contributed by atoms with Gasteiger partial charge in [0.25, 0.3) is 0 Å². The van der Waals surface area contributed by atoms with Crippen LogP contribution in [0.3, 0.4) is 0 Å². The van der Waals surface area contributed by atoms with Crippen LogP contribution in [0.15, 0.2) is 30.3 Å². The number of carboxylic acids is 1. The van der Waals surface area contributed by atoms with Gasteiger partial charge in [-0.05, 0) is 36.2 Å². The van der Waals surface area contributed by atoms with Crippen LogP contribution in [0.25, 0.3) is 0 Å². The molecule has 1 N–H and O–H groups in total. The van der Waals surface area contributed by atoms with Crippen molar-refractivity contribution in [3.05, 3.63) is 35.9 Å². The van der Waals surface area contributed by atoms with Gasteiger partial charge in [-0.25, -0.2) is 0 Å². The zero-order chi connectivity index (χ0) is 15.4. The topological polar surface area (TPSA) is 37.3 Å². The molecule has 3 atom stereocenters. The molecule has 1 aromatic carbocycles. The summed E-state index contributed by atoms with van der Waals surface area (Å²) in [7, 11) is 0. The van der Waals surface area contributed by atoms with Crippen LogP contribution in [0.2, 0.25) is 0 Å². The summed E-state index contributed by atoms with van der Waals surface area (Å²) in [4.78, 5) is 12.0. The molecule has 0 saturated heterocycles. The average Bonchev–Trinajstić information content (AvgIpc) is 2.57. The van der Waals surface area contributed by atoms with Crippen LogP contribution in [-0.4, -0.2) is 11.1 Å². The monoisotopic (exact) mass is 300 g/mol. The van der Waals surface area contributed by atoms with E-state index in [1.807, 2.05) is 30.3 Å². The molecular formula is C20H28O2. The fraction of sp³-hybridized carbons (Fsp3) is 0.650. The zero-order valence-electron chi connectivity index (χ0n) is 13.4. The van der Waals surface area contributed by atoms with E-state index in [-0.39, 0.29) is 5.92 Å². The molecule has 120 valence electrons. The third-order valence-electron chi connectivity index (χ3n) is 5.98. The van der Waals surface area contributed by atoms with Crippen molar-refractivity contribution >= 4 is 5.97 Å². The predicted octanol–water partition coefficient (Wildman–Crippen LogP) is 5.24. The van der Waals surface area contributed by atoms with Crippen LogP contribution in [-0.2, 0) is 4.79 Å². The third kappa shape index (κ3) is 3.37. The van der Waals surface area contributed by atoms with Gasteiger partial charge in [0, 0.05) is 0 Å². The van der Waals surface area contributed by atoms with E-state index in [9.17, 15) is 9.90 Å². The van der Waals surface area contributed by atoms with Crippen molar-refractivity contribution in [1.82, 2.24) is 0 Å². The van der Waals surface area contributed by atoms with Crippen molar-refractivity contribution in [3.8, 4) is 0 Å². The number of carbonyl (C=O) groups is 1. The molecular weight excluding hydrogens is 272 g/mol. The Morgan fingerprint density at radius 1 is 0.909 bits per heavy atom. The largest absolute Gasteiger partial charge is 0.481 e. The summed E-state index contributed by atoms with van der Waals surface area (Å²) in [5.41, 5.74) is 1.00. The maximum atomic E-state index is 12.0. The first-order valence-corrected chi connectivity index (χ1v) is 9.05. The van der Waals surface area contributed by atoms with E-state index in [1.54, 1.807) is 0 Å². The van der Waals surface area contributed by atoms with Crippen molar-refractivity contribution in [3.63, 3.8) is 0 Å². The molecule has 3 rings (SSSR count). The highest BCUT2D eigenvalue weighted by Crippen LogP contribution is 2.47. The first kappa shape index (κ1) is 15.6. The van der Waals surface area contributed by atoms with E-state index in [4.69, 9.17) is 0 Å². The number of aliphatic carboxylic acids is 1. The van der Waals surface area contributed by atoms with Crippen LogP contribution in [0.5, 0.6) is 0 Å². The van der Waals surface area contributed by atoms with Gasteiger partial charge in [0.15, 0.2) is 0 Å². The quantitative estimate of drug-likeness (QED) is 0.825. The van der Waals surface area contributed by atoms with Crippen molar-refractivity contribution in [1.29, 1.82) is 0 Å². The summed E-state index contributed by atoms with van der Waals surface area (Å²) in [5, 5.41) is 9.90. The number of benzene rings is 1. The number of hydrogen-bond donors (Lipinski definition) is 1. The highest BCUT2D eigenvalue weighted by atomic mass is 16.4. The van der Waals surface area contributed by atoms with Gasteiger partial charge in [-0.15, -0.1) is 0 Å². The normalized spacial score (nSPS) is 28.2. The van der Waals surface area contributed by atoms with E-state index in [2.05, 4.69) is 0 Å². The van der Waals surface area contributed by atoms with Crippen molar-refractivity contribution in [2.75, 3.05) is 0 Å². The Balaban J connectivity index is 1.85. The lowest BCUT2D eigenvalue weighted by Gasteiger charge is -2.41. The second-order valence-electron chi connectivity index (χ2n) is 7.24. The summed E-state index contributed by atoms with van der Waals surface area (Å²) in [6.45, 7) is 0. The summed E-state index contributed by atoms with van der Waals surface area (Å²) in [6, 6.07) is 9.94. The molecule has 1 aromatic rings. The fourth-order valence-electron chi connectivity index (χ4n) is 4.98. The highest BCUT2D eigenvalue weighted by molar-refractivity contribution is 5.76. The maximum absolute atomic E-state index is 12.0. The van der Waals surface area contributed by atoms with Crippen LogP contribution in [0.4, 0.5) is 0 Å². The molecule has 0 amide bonds. The van der Waals surface area contributed by atoms with Crippen LogP contribution in [0, 0.1) is 17.8 Å². The first-order chi connectivity index (χ1) is 10.8. The van der Waals surface area contributed by atoms with Gasteiger partial charge in [-0.3, -0.25) is 4.79 Å². The van der Waals surface area contributed by atoms with Crippen molar-refractivity contribution in [2.24, 2.45) is 17.8 Å². The first-order valence-electron chi connectivity index (χ1n) is 9.05. The Hall–Kier alpha value is -1.31. The van der Waals surface area contributed by atoms with Gasteiger partial charge in [0.05, 0.1) is 5.92 Å². The van der Waals surface area contributed by atoms with Gasteiger partial charge < -0.3 is 5.11 Å². The lowest BCUT2D eigenvalue weighted by molar-refractivity contribution is -0.141. The lowest BCUT2D eigenvalue weighted by atomic mass is 9.63. The standard InChI is InChI=1S/C20H28O2/c21-20(22)19(16-11-5-2-6-12-16)18-14-8-7-13-17(18)15-9-3-1-4-10-15/h2,5-6,11-12,15,17-19H,1,3-4,7-10,13-14H2,(H,21,22)/t17-,18+,19-/m1/s1. The fourth-order valence-corrected chi connectivity index (χ4v) is 4.98. The minimum absolute atomic E-state index is 0.312. The summed E-state index contributed by atoms with van der Waals surface area (Å²) in [5.74, 6) is 0.782. The Morgan fingerprint density at radius 3 is 2.23 bits per heavy atom. The van der Waals surface area contributed by atoms with E-state index in [0.29, 0.717) is 11.8 Å². The number of hydrogen-bond acceptors (Lipinski definition) is 1. The van der Waals surface area contributed by atoms with E-state index >= 15 is 0 Å². The molecule has 0 spiro atoms. The Labute approximate surface area is 133 Å². The second-order valence-corrected chi connectivity index (χ2v) is 7.24. The Bertz CT molecular complexity index is 476. The average molecular weight is 300 g/mol. The summed E-state index contributed by atoms with van der Waals surface area (Å²) in [6.07, 6.45) is 11.5. The molecule has 2 heteroatoms. The van der Waals surface area contributed by atoms with Gasteiger partial charge in [0.1, 0.15) is 0 Å². The molecule has 2 saturated carbocycles. The van der Waals surface area contributed by atoms with E-state index in [1.165, 1.54) is 51.4 Å². The molecule has 0 heterocycles. The van der Waals surface area contributed by atoms with Crippen molar-refractivity contribution in [2.45, 2.75) is 63.7 Å². The molecule has 0 aliphatic heterocycles. The molecule has 2 aliphatic rings. The van der Waals surface area contributed by atoms with Crippen LogP contribution >= 0.6 is 0 Å². The van der Waals surface area contributed by atoms with Crippen LogP contribution in [0.1, 0.15) is 69.3 Å². The third-order valence-corrected chi connectivity index (χ3v) is 5.98. The molecule has 2 nitrogen and oxygen atoms in total. The SMILES string of the molecule is O=C(O)[C@H](c1ccccc1)[C@H]1CCCC[C@@H]1C1CCCCC1. The molecule has 0 radical (unpaired) electrons. The summed E-state index contributed by atoms with van der Waals surface area (Å²) < 4.78 is 0. The highest BCUT2D eigenvalue weighted by Gasteiger charge is 2.40. The Morgan fingerprint density at radius 2 is 1.55 bits per heavy atom. The minimum Gasteiger partial charge on any atom is -0.481 e. The van der Waals surface area contributed by atoms with Crippen LogP contribution < -0.4 is 0 Å². The molecule has 22 heavy (non-hydrogen) atoms. The van der Waals surface area contributed by atoms with Gasteiger partial charge in [-0.2, -0.15) is 0 Å². The minimum atomic E-state index is -0.626. The van der Waals surface area contributed by atoms with E-state index < -0.39 is 5.97 Å². The van der Waals surface area contributed by atoms with Gasteiger partial charge in [-0.1, -0.05) is 75.3 Å². The number of carboxylic acid groups (broad SMARTS) is 1. The molecule has 0 bridgehead atoms. The van der Waals surface area contributed by atoms with Gasteiger partial charge >= 0.3 is 5.97 Å². The molecule has 2 fully saturated rings. The van der Waals surface area contributed by atoms with E-state index in [0.717, 1.165) is 17.9 Å². The summed E-state index contributed by atoms with van der Waals surface area (Å²) >= 11 is 0. The zero-order valence-corrected chi connectivity index (χ0v) is 13.4. The lowest BCUT2D eigenvalue weighted by Crippen LogP contribution is -2.35. The maximum Gasteiger partial charge on any atom is 0.311 e. The molecule has 0 aromatic heterocycles. The van der Waals surface area contributed by atoms with Gasteiger partial charge in [0.2, 0.25) is 0 Å². The molecule has 0 unspecified atom stereocenters. The number of rotatable bonds is 4. The second kappa shape index (κ2) is 7.30. The predicted molar refractivity (Wildman–Crippen MR) is 88.8 cm³/mol. The Kier molecular flexibility index (Phi) is 5.17. The molecule has 2 aliphatic carbocycles. The smallest absolute Gasteiger partial charge is 0.311 e.